The molecule has 2 aromatic carbocycles. The SMILES string of the molecule is COc1ccccc1CN(C[C@H]1CCCO1)C(=O)[C@H]1Cc2cc(Cl)ccc2O1. The van der Waals surface area contributed by atoms with E-state index in [2.05, 4.69) is 0 Å². The number of fused-ring (bicyclic) bond motifs is 1. The number of nitrogens with zero attached hydrogens (tertiary/aromatic N) is 1. The summed E-state index contributed by atoms with van der Waals surface area (Å²) in [5.41, 5.74) is 1.94. The van der Waals surface area contributed by atoms with Crippen LogP contribution in [0.15, 0.2) is 42.5 Å². The van der Waals surface area contributed by atoms with Gasteiger partial charge in [-0.05, 0) is 42.7 Å². The average Bonchev–Trinajstić information content (AvgIpc) is 3.36. The molecule has 28 heavy (non-hydrogen) atoms. The fourth-order valence-corrected chi connectivity index (χ4v) is 4.06. The number of amides is 1. The predicted octanol–water partition coefficient (Wildman–Crippen LogP) is 3.86. The van der Waals surface area contributed by atoms with Crippen molar-refractivity contribution in [3.8, 4) is 11.5 Å². The van der Waals surface area contributed by atoms with E-state index in [1.54, 1.807) is 13.2 Å². The topological polar surface area (TPSA) is 48.0 Å². The van der Waals surface area contributed by atoms with Gasteiger partial charge in [0.1, 0.15) is 11.5 Å². The van der Waals surface area contributed by atoms with Gasteiger partial charge in [0.25, 0.3) is 5.91 Å². The zero-order chi connectivity index (χ0) is 19.5. The second kappa shape index (κ2) is 8.41. The van der Waals surface area contributed by atoms with Crippen molar-refractivity contribution < 1.29 is 19.0 Å². The van der Waals surface area contributed by atoms with Crippen LogP contribution in [0.25, 0.3) is 0 Å². The summed E-state index contributed by atoms with van der Waals surface area (Å²) in [4.78, 5) is 15.2. The second-order valence-corrected chi connectivity index (χ2v) is 7.66. The van der Waals surface area contributed by atoms with Gasteiger partial charge in [-0.3, -0.25) is 4.79 Å². The number of ether oxygens (including phenoxy) is 3. The molecule has 0 radical (unpaired) electrons. The molecule has 2 aliphatic rings. The van der Waals surface area contributed by atoms with Crippen LogP contribution in [0.4, 0.5) is 0 Å². The molecule has 2 atom stereocenters. The molecule has 0 N–H and O–H groups in total. The Kier molecular flexibility index (Phi) is 5.74. The molecule has 148 valence electrons. The van der Waals surface area contributed by atoms with Gasteiger partial charge in [0, 0.05) is 36.7 Å². The lowest BCUT2D eigenvalue weighted by Gasteiger charge is -2.28. The molecule has 0 saturated carbocycles. The molecule has 4 rings (SSSR count). The first-order chi connectivity index (χ1) is 13.6. The van der Waals surface area contributed by atoms with Crippen LogP contribution in [0.5, 0.6) is 11.5 Å². The maximum atomic E-state index is 13.4. The Morgan fingerprint density at radius 1 is 1.29 bits per heavy atom. The molecule has 1 fully saturated rings. The summed E-state index contributed by atoms with van der Waals surface area (Å²) in [6.07, 6.45) is 2.06. The lowest BCUT2D eigenvalue weighted by Crippen LogP contribution is -2.44. The zero-order valence-corrected chi connectivity index (χ0v) is 16.7. The Morgan fingerprint density at radius 3 is 2.93 bits per heavy atom. The Bertz CT molecular complexity index is 850. The number of methoxy groups -OCH3 is 1. The van der Waals surface area contributed by atoms with E-state index in [0.29, 0.717) is 24.5 Å². The molecular weight excluding hydrogens is 378 g/mol. The van der Waals surface area contributed by atoms with Crippen LogP contribution in [-0.4, -0.2) is 43.3 Å². The maximum absolute atomic E-state index is 13.4. The minimum atomic E-state index is -0.537. The molecule has 2 heterocycles. The third-order valence-corrected chi connectivity index (χ3v) is 5.52. The Labute approximate surface area is 170 Å². The van der Waals surface area contributed by atoms with Crippen molar-refractivity contribution >= 4 is 17.5 Å². The van der Waals surface area contributed by atoms with Crippen molar-refractivity contribution in [2.75, 3.05) is 20.3 Å². The maximum Gasteiger partial charge on any atom is 0.264 e. The van der Waals surface area contributed by atoms with Crippen LogP contribution in [0, 0.1) is 0 Å². The summed E-state index contributed by atoms with van der Waals surface area (Å²) >= 11 is 6.09. The van der Waals surface area contributed by atoms with Crippen molar-refractivity contribution in [2.24, 2.45) is 0 Å². The molecule has 2 aliphatic heterocycles. The van der Waals surface area contributed by atoms with Gasteiger partial charge < -0.3 is 19.1 Å². The molecule has 0 aliphatic carbocycles. The van der Waals surface area contributed by atoms with Crippen molar-refractivity contribution in [3.05, 3.63) is 58.6 Å². The highest BCUT2D eigenvalue weighted by atomic mass is 35.5. The summed E-state index contributed by atoms with van der Waals surface area (Å²) in [7, 11) is 1.64. The molecule has 5 nitrogen and oxygen atoms in total. The minimum absolute atomic E-state index is 0.0336. The zero-order valence-electron chi connectivity index (χ0n) is 15.9. The molecular formula is C22H24ClNO4. The van der Waals surface area contributed by atoms with Gasteiger partial charge in [0.2, 0.25) is 0 Å². The summed E-state index contributed by atoms with van der Waals surface area (Å²) in [6, 6.07) is 13.3. The van der Waals surface area contributed by atoms with E-state index in [1.807, 2.05) is 41.3 Å². The fourth-order valence-electron chi connectivity index (χ4n) is 3.86. The number of hydrogen-bond donors (Lipinski definition) is 0. The summed E-state index contributed by atoms with van der Waals surface area (Å²) in [5.74, 6) is 1.47. The minimum Gasteiger partial charge on any atom is -0.496 e. The first kappa shape index (κ1) is 19.1. The van der Waals surface area contributed by atoms with Crippen molar-refractivity contribution in [2.45, 2.75) is 38.0 Å². The summed E-state index contributed by atoms with van der Waals surface area (Å²) < 4.78 is 17.2. The lowest BCUT2D eigenvalue weighted by molar-refractivity contribution is -0.140. The van der Waals surface area contributed by atoms with Crippen LogP contribution in [0.3, 0.4) is 0 Å². The highest BCUT2D eigenvalue weighted by molar-refractivity contribution is 6.30. The van der Waals surface area contributed by atoms with Gasteiger partial charge in [0.15, 0.2) is 6.10 Å². The van der Waals surface area contributed by atoms with E-state index in [1.165, 1.54) is 0 Å². The Morgan fingerprint density at radius 2 is 2.14 bits per heavy atom. The summed E-state index contributed by atoms with van der Waals surface area (Å²) in [6.45, 7) is 1.76. The van der Waals surface area contributed by atoms with E-state index in [9.17, 15) is 4.79 Å². The van der Waals surface area contributed by atoms with Crippen LogP contribution in [0.1, 0.15) is 24.0 Å². The number of carbonyl (C=O) groups is 1. The van der Waals surface area contributed by atoms with E-state index >= 15 is 0 Å². The lowest BCUT2D eigenvalue weighted by atomic mass is 10.1. The molecule has 1 saturated heterocycles. The first-order valence-corrected chi connectivity index (χ1v) is 9.99. The van der Waals surface area contributed by atoms with Crippen LogP contribution >= 0.6 is 11.6 Å². The number of hydrogen-bond acceptors (Lipinski definition) is 4. The van der Waals surface area contributed by atoms with E-state index in [-0.39, 0.29) is 12.0 Å². The molecule has 0 unspecified atom stereocenters. The molecule has 6 heteroatoms. The fraction of sp³-hybridized carbons (Fsp3) is 0.409. The molecule has 2 aromatic rings. The van der Waals surface area contributed by atoms with Gasteiger partial charge in [-0.2, -0.15) is 0 Å². The third kappa shape index (κ3) is 4.10. The number of halogens is 1. The van der Waals surface area contributed by atoms with E-state index < -0.39 is 6.10 Å². The first-order valence-electron chi connectivity index (χ1n) is 9.61. The number of carbonyl (C=O) groups excluding carboxylic acids is 1. The van der Waals surface area contributed by atoms with Gasteiger partial charge in [-0.15, -0.1) is 0 Å². The number of benzene rings is 2. The van der Waals surface area contributed by atoms with E-state index in [4.69, 9.17) is 25.8 Å². The molecule has 0 spiro atoms. The normalized spacial score (nSPS) is 20.5. The van der Waals surface area contributed by atoms with Gasteiger partial charge >= 0.3 is 0 Å². The Hall–Kier alpha value is -2.24. The highest BCUT2D eigenvalue weighted by Crippen LogP contribution is 2.32. The van der Waals surface area contributed by atoms with Crippen LogP contribution < -0.4 is 9.47 Å². The van der Waals surface area contributed by atoms with E-state index in [0.717, 1.165) is 42.1 Å². The quantitative estimate of drug-likeness (QED) is 0.737. The Balaban J connectivity index is 1.53. The molecule has 0 bridgehead atoms. The average molecular weight is 402 g/mol. The predicted molar refractivity (Wildman–Crippen MR) is 107 cm³/mol. The highest BCUT2D eigenvalue weighted by Gasteiger charge is 2.34. The largest absolute Gasteiger partial charge is 0.496 e. The smallest absolute Gasteiger partial charge is 0.264 e. The monoisotopic (exact) mass is 401 g/mol. The second-order valence-electron chi connectivity index (χ2n) is 7.23. The van der Waals surface area contributed by atoms with Crippen molar-refractivity contribution in [1.82, 2.24) is 4.90 Å². The molecule has 0 aromatic heterocycles. The van der Waals surface area contributed by atoms with Crippen LogP contribution in [0.2, 0.25) is 5.02 Å². The van der Waals surface area contributed by atoms with Gasteiger partial charge in [-0.25, -0.2) is 0 Å². The molecule has 1 amide bonds. The van der Waals surface area contributed by atoms with Crippen molar-refractivity contribution in [1.29, 1.82) is 0 Å². The summed E-state index contributed by atoms with van der Waals surface area (Å²) in [5, 5.41) is 0.653. The van der Waals surface area contributed by atoms with Crippen molar-refractivity contribution in [3.63, 3.8) is 0 Å². The van der Waals surface area contributed by atoms with Crippen LogP contribution in [-0.2, 0) is 22.5 Å². The standard InChI is InChI=1S/C22H24ClNO4/c1-26-19-7-3-2-5-15(19)13-24(14-18-6-4-10-27-18)22(25)21-12-16-11-17(23)8-9-20(16)28-21/h2-3,5,7-9,11,18,21H,4,6,10,12-14H2,1H3/t18-,21-/m1/s1. The van der Waals surface area contributed by atoms with Gasteiger partial charge in [0.05, 0.1) is 13.2 Å². The van der Waals surface area contributed by atoms with Gasteiger partial charge in [-0.1, -0.05) is 29.8 Å². The third-order valence-electron chi connectivity index (χ3n) is 5.29. The number of rotatable bonds is 6. The number of para-hydroxylation sites is 1.